The van der Waals surface area contributed by atoms with Gasteiger partial charge in [0.05, 0.1) is 0 Å². The standard InChI is InChI=1S/C13H24O/c1-13(2,3)12(14)10-11-8-6-4-5-7-9-11/h11H,4-10H2,1-3H3. The molecule has 0 spiro atoms. The molecule has 1 aliphatic carbocycles. The van der Waals surface area contributed by atoms with Crippen LogP contribution in [0.2, 0.25) is 0 Å². The first-order chi connectivity index (χ1) is 6.50. The van der Waals surface area contributed by atoms with Gasteiger partial charge in [-0.05, 0) is 5.92 Å². The van der Waals surface area contributed by atoms with E-state index >= 15 is 0 Å². The molecule has 0 saturated heterocycles. The molecule has 0 atom stereocenters. The minimum atomic E-state index is -0.133. The zero-order valence-electron chi connectivity index (χ0n) is 9.94. The van der Waals surface area contributed by atoms with Crippen LogP contribution < -0.4 is 0 Å². The highest BCUT2D eigenvalue weighted by Crippen LogP contribution is 2.28. The summed E-state index contributed by atoms with van der Waals surface area (Å²) in [4.78, 5) is 11.8. The van der Waals surface area contributed by atoms with Crippen LogP contribution >= 0.6 is 0 Å². The average molecular weight is 196 g/mol. The lowest BCUT2D eigenvalue weighted by molar-refractivity contribution is -0.127. The Balaban J connectivity index is 2.38. The van der Waals surface area contributed by atoms with Gasteiger partial charge < -0.3 is 0 Å². The summed E-state index contributed by atoms with van der Waals surface area (Å²) in [5, 5.41) is 0. The van der Waals surface area contributed by atoms with Crippen molar-refractivity contribution in [2.75, 3.05) is 0 Å². The number of hydrogen-bond acceptors (Lipinski definition) is 1. The maximum Gasteiger partial charge on any atom is 0.138 e. The third kappa shape index (κ3) is 3.81. The molecule has 1 nitrogen and oxygen atoms in total. The number of carbonyl (C=O) groups excluding carboxylic acids is 1. The van der Waals surface area contributed by atoms with E-state index in [9.17, 15) is 4.79 Å². The summed E-state index contributed by atoms with van der Waals surface area (Å²) in [6, 6.07) is 0. The van der Waals surface area contributed by atoms with Crippen molar-refractivity contribution in [2.45, 2.75) is 65.7 Å². The second kappa shape index (κ2) is 4.95. The number of ketones is 1. The molecule has 0 heterocycles. The molecule has 0 aromatic rings. The molecule has 0 N–H and O–H groups in total. The Hall–Kier alpha value is -0.330. The smallest absolute Gasteiger partial charge is 0.138 e. The van der Waals surface area contributed by atoms with Crippen molar-refractivity contribution < 1.29 is 4.79 Å². The zero-order valence-corrected chi connectivity index (χ0v) is 9.94. The third-order valence-corrected chi connectivity index (χ3v) is 3.29. The van der Waals surface area contributed by atoms with E-state index in [4.69, 9.17) is 0 Å². The normalized spacial score (nSPS) is 20.5. The van der Waals surface area contributed by atoms with Crippen LogP contribution in [-0.4, -0.2) is 5.78 Å². The number of rotatable bonds is 2. The lowest BCUT2D eigenvalue weighted by Crippen LogP contribution is -2.22. The van der Waals surface area contributed by atoms with Crippen LogP contribution in [0.3, 0.4) is 0 Å². The van der Waals surface area contributed by atoms with Crippen LogP contribution in [0.15, 0.2) is 0 Å². The van der Waals surface area contributed by atoms with Crippen LogP contribution in [0.25, 0.3) is 0 Å². The first-order valence-corrected chi connectivity index (χ1v) is 6.03. The molecular weight excluding hydrogens is 172 g/mol. The molecule has 0 amide bonds. The van der Waals surface area contributed by atoms with E-state index in [1.165, 1.54) is 38.5 Å². The predicted octanol–water partition coefficient (Wildman–Crippen LogP) is 3.96. The maximum absolute atomic E-state index is 11.8. The number of hydrogen-bond donors (Lipinski definition) is 0. The Morgan fingerprint density at radius 3 is 2.00 bits per heavy atom. The number of Topliss-reactive ketones (excluding diaryl/α,β-unsaturated/α-hetero) is 1. The Bertz CT molecular complexity index is 180. The van der Waals surface area contributed by atoms with E-state index in [2.05, 4.69) is 0 Å². The molecule has 0 radical (unpaired) electrons. The van der Waals surface area contributed by atoms with Gasteiger partial charge >= 0.3 is 0 Å². The molecule has 0 bridgehead atoms. The first-order valence-electron chi connectivity index (χ1n) is 6.03. The fraction of sp³-hybridized carbons (Fsp3) is 0.923. The van der Waals surface area contributed by atoms with E-state index < -0.39 is 0 Å². The van der Waals surface area contributed by atoms with Crippen LogP contribution in [-0.2, 0) is 4.79 Å². The summed E-state index contributed by atoms with van der Waals surface area (Å²) in [6.07, 6.45) is 8.80. The molecular formula is C13H24O. The minimum absolute atomic E-state index is 0.133. The molecule has 1 aliphatic rings. The summed E-state index contributed by atoms with van der Waals surface area (Å²) in [6.45, 7) is 6.10. The van der Waals surface area contributed by atoms with Crippen LogP contribution in [0, 0.1) is 11.3 Å². The van der Waals surface area contributed by atoms with Gasteiger partial charge in [0.1, 0.15) is 5.78 Å². The van der Waals surface area contributed by atoms with Gasteiger partial charge in [-0.1, -0.05) is 59.3 Å². The van der Waals surface area contributed by atoms with Gasteiger partial charge in [-0.3, -0.25) is 4.79 Å². The van der Waals surface area contributed by atoms with Gasteiger partial charge in [0.15, 0.2) is 0 Å². The minimum Gasteiger partial charge on any atom is -0.299 e. The fourth-order valence-electron chi connectivity index (χ4n) is 2.14. The summed E-state index contributed by atoms with van der Waals surface area (Å²) in [5.41, 5.74) is -0.133. The average Bonchev–Trinajstić information content (AvgIpc) is 2.31. The van der Waals surface area contributed by atoms with E-state index in [0.717, 1.165) is 6.42 Å². The highest BCUT2D eigenvalue weighted by atomic mass is 16.1. The van der Waals surface area contributed by atoms with Gasteiger partial charge in [0.25, 0.3) is 0 Å². The van der Waals surface area contributed by atoms with Crippen LogP contribution in [0.5, 0.6) is 0 Å². The number of carbonyl (C=O) groups is 1. The van der Waals surface area contributed by atoms with E-state index in [-0.39, 0.29) is 5.41 Å². The summed E-state index contributed by atoms with van der Waals surface area (Å²) < 4.78 is 0. The van der Waals surface area contributed by atoms with E-state index in [0.29, 0.717) is 11.7 Å². The van der Waals surface area contributed by atoms with Crippen molar-refractivity contribution in [3.8, 4) is 0 Å². The maximum atomic E-state index is 11.8. The molecule has 1 saturated carbocycles. The molecule has 0 aliphatic heterocycles. The summed E-state index contributed by atoms with van der Waals surface area (Å²) in [7, 11) is 0. The van der Waals surface area contributed by atoms with Crippen molar-refractivity contribution in [3.63, 3.8) is 0 Å². The van der Waals surface area contributed by atoms with Crippen LogP contribution in [0.4, 0.5) is 0 Å². The van der Waals surface area contributed by atoms with E-state index in [1.807, 2.05) is 20.8 Å². The van der Waals surface area contributed by atoms with Crippen LogP contribution in [0.1, 0.15) is 65.7 Å². The molecule has 0 unspecified atom stereocenters. The molecule has 82 valence electrons. The van der Waals surface area contributed by atoms with Crippen molar-refractivity contribution in [1.29, 1.82) is 0 Å². The second-order valence-corrected chi connectivity index (χ2v) is 5.73. The quantitative estimate of drug-likeness (QED) is 0.611. The Morgan fingerprint density at radius 1 is 1.07 bits per heavy atom. The second-order valence-electron chi connectivity index (χ2n) is 5.73. The fourth-order valence-corrected chi connectivity index (χ4v) is 2.14. The lowest BCUT2D eigenvalue weighted by atomic mass is 9.83. The van der Waals surface area contributed by atoms with Crippen molar-refractivity contribution in [2.24, 2.45) is 11.3 Å². The Morgan fingerprint density at radius 2 is 1.57 bits per heavy atom. The molecule has 14 heavy (non-hydrogen) atoms. The highest BCUT2D eigenvalue weighted by Gasteiger charge is 2.24. The largest absolute Gasteiger partial charge is 0.299 e. The van der Waals surface area contributed by atoms with Gasteiger partial charge in [-0.25, -0.2) is 0 Å². The first kappa shape index (κ1) is 11.7. The van der Waals surface area contributed by atoms with Crippen molar-refractivity contribution in [1.82, 2.24) is 0 Å². The summed E-state index contributed by atoms with van der Waals surface area (Å²) >= 11 is 0. The van der Waals surface area contributed by atoms with Crippen molar-refractivity contribution >= 4 is 5.78 Å². The highest BCUT2D eigenvalue weighted by molar-refractivity contribution is 5.83. The SMILES string of the molecule is CC(C)(C)C(=O)CC1CCCCCC1. The Labute approximate surface area is 88.3 Å². The molecule has 1 rings (SSSR count). The van der Waals surface area contributed by atoms with Gasteiger partial charge in [-0.15, -0.1) is 0 Å². The monoisotopic (exact) mass is 196 g/mol. The molecule has 0 aromatic heterocycles. The van der Waals surface area contributed by atoms with Gasteiger partial charge in [-0.2, -0.15) is 0 Å². The Kier molecular flexibility index (Phi) is 4.15. The topological polar surface area (TPSA) is 17.1 Å². The summed E-state index contributed by atoms with van der Waals surface area (Å²) in [5.74, 6) is 1.13. The van der Waals surface area contributed by atoms with Gasteiger partial charge in [0.2, 0.25) is 0 Å². The molecule has 0 aromatic carbocycles. The lowest BCUT2D eigenvalue weighted by Gasteiger charge is -2.20. The third-order valence-electron chi connectivity index (χ3n) is 3.29. The van der Waals surface area contributed by atoms with Gasteiger partial charge in [0, 0.05) is 11.8 Å². The molecule has 1 heteroatoms. The van der Waals surface area contributed by atoms with E-state index in [1.54, 1.807) is 0 Å². The molecule has 1 fully saturated rings. The van der Waals surface area contributed by atoms with Crippen molar-refractivity contribution in [3.05, 3.63) is 0 Å². The zero-order chi connectivity index (χ0) is 10.6. The predicted molar refractivity (Wildman–Crippen MR) is 60.3 cm³/mol.